The Hall–Kier alpha value is -0.200. The Morgan fingerprint density at radius 1 is 0.762 bits per heavy atom. The molecule has 0 bridgehead atoms. The second kappa shape index (κ2) is 16.2. The van der Waals surface area contributed by atoms with Crippen molar-refractivity contribution in [3.05, 3.63) is 0 Å². The molecule has 0 aromatic heterocycles. The first-order chi connectivity index (χ1) is 10.2. The molecule has 0 aliphatic rings. The molecule has 0 aromatic carbocycles. The normalized spacial score (nSPS) is 14.3. The fraction of sp³-hybridized carbons (Fsp3) is 1.00. The fourth-order valence-corrected chi connectivity index (χ4v) is 1.55. The van der Waals surface area contributed by atoms with Crippen LogP contribution in [0.5, 0.6) is 0 Å². The van der Waals surface area contributed by atoms with Crippen LogP contribution in [0.2, 0.25) is 0 Å². The number of rotatable bonds is 16. The van der Waals surface area contributed by atoms with E-state index in [0.29, 0.717) is 46.2 Å². The van der Waals surface area contributed by atoms with Crippen molar-refractivity contribution in [1.29, 1.82) is 0 Å². The van der Waals surface area contributed by atoms with Gasteiger partial charge in [-0.1, -0.05) is 33.6 Å². The summed E-state index contributed by atoms with van der Waals surface area (Å²) in [6.45, 7) is 10.9. The summed E-state index contributed by atoms with van der Waals surface area (Å²) < 4.78 is 21.5. The third kappa shape index (κ3) is 14.5. The molecule has 5 nitrogen and oxygen atoms in total. The average molecular weight is 306 g/mol. The van der Waals surface area contributed by atoms with E-state index in [0.717, 1.165) is 25.9 Å². The van der Waals surface area contributed by atoms with Crippen LogP contribution in [0.25, 0.3) is 0 Å². The molecule has 0 radical (unpaired) electrons. The molecule has 0 heterocycles. The first-order valence-electron chi connectivity index (χ1n) is 8.21. The lowest BCUT2D eigenvalue weighted by atomic mass is 10.0. The van der Waals surface area contributed by atoms with Gasteiger partial charge in [-0.05, 0) is 12.3 Å². The van der Waals surface area contributed by atoms with Crippen LogP contribution in [-0.4, -0.2) is 64.1 Å². The SMILES string of the molecule is CCCCOCCOCCOCCOCC(O)C(C)CC. The van der Waals surface area contributed by atoms with E-state index in [4.69, 9.17) is 18.9 Å². The van der Waals surface area contributed by atoms with Gasteiger partial charge in [0.05, 0.1) is 52.4 Å². The molecule has 5 heteroatoms. The topological polar surface area (TPSA) is 57.2 Å². The highest BCUT2D eigenvalue weighted by Gasteiger charge is 2.11. The highest BCUT2D eigenvalue weighted by atomic mass is 16.6. The lowest BCUT2D eigenvalue weighted by Gasteiger charge is -2.16. The summed E-state index contributed by atoms with van der Waals surface area (Å²) in [5, 5.41) is 9.70. The van der Waals surface area contributed by atoms with Crippen LogP contribution in [0.15, 0.2) is 0 Å². The van der Waals surface area contributed by atoms with Gasteiger partial charge in [-0.3, -0.25) is 0 Å². The standard InChI is InChI=1S/C16H34O5/c1-4-6-7-18-8-9-19-10-11-20-12-13-21-14-16(17)15(3)5-2/h15-17H,4-14H2,1-3H3. The van der Waals surface area contributed by atoms with Gasteiger partial charge in [0, 0.05) is 6.61 Å². The highest BCUT2D eigenvalue weighted by Crippen LogP contribution is 2.07. The summed E-state index contributed by atoms with van der Waals surface area (Å²) in [6, 6.07) is 0. The van der Waals surface area contributed by atoms with Crippen molar-refractivity contribution in [3.63, 3.8) is 0 Å². The third-order valence-electron chi connectivity index (χ3n) is 3.35. The van der Waals surface area contributed by atoms with Gasteiger partial charge in [0.15, 0.2) is 0 Å². The van der Waals surface area contributed by atoms with Gasteiger partial charge in [-0.25, -0.2) is 0 Å². The van der Waals surface area contributed by atoms with Crippen molar-refractivity contribution in [2.75, 3.05) is 52.9 Å². The maximum Gasteiger partial charge on any atom is 0.0799 e. The predicted octanol–water partition coefficient (Wildman–Crippen LogP) is 2.26. The number of unbranched alkanes of at least 4 members (excludes halogenated alkanes) is 1. The van der Waals surface area contributed by atoms with E-state index in [-0.39, 0.29) is 12.0 Å². The van der Waals surface area contributed by atoms with Gasteiger partial charge < -0.3 is 24.1 Å². The van der Waals surface area contributed by atoms with Crippen LogP contribution in [0.3, 0.4) is 0 Å². The Kier molecular flexibility index (Phi) is 16.0. The number of aliphatic hydroxyl groups excluding tert-OH is 1. The van der Waals surface area contributed by atoms with Crippen LogP contribution in [-0.2, 0) is 18.9 Å². The van der Waals surface area contributed by atoms with Crippen LogP contribution < -0.4 is 0 Å². The van der Waals surface area contributed by atoms with E-state index in [1.54, 1.807) is 0 Å². The molecule has 0 aliphatic carbocycles. The minimum atomic E-state index is -0.383. The summed E-state index contributed by atoms with van der Waals surface area (Å²) in [7, 11) is 0. The zero-order valence-corrected chi connectivity index (χ0v) is 14.0. The first-order valence-corrected chi connectivity index (χ1v) is 8.21. The second-order valence-electron chi connectivity index (χ2n) is 5.22. The molecule has 2 atom stereocenters. The van der Waals surface area contributed by atoms with Crippen molar-refractivity contribution >= 4 is 0 Å². The van der Waals surface area contributed by atoms with E-state index in [1.165, 1.54) is 0 Å². The molecular weight excluding hydrogens is 272 g/mol. The molecule has 0 amide bonds. The fourth-order valence-electron chi connectivity index (χ4n) is 1.55. The van der Waals surface area contributed by atoms with E-state index in [2.05, 4.69) is 13.8 Å². The summed E-state index contributed by atoms with van der Waals surface area (Å²) >= 11 is 0. The predicted molar refractivity (Wildman–Crippen MR) is 83.6 cm³/mol. The molecular formula is C16H34O5. The van der Waals surface area contributed by atoms with Gasteiger partial charge in [-0.15, -0.1) is 0 Å². The molecule has 2 unspecified atom stereocenters. The number of aliphatic hydroxyl groups is 1. The van der Waals surface area contributed by atoms with Crippen molar-refractivity contribution in [2.24, 2.45) is 5.92 Å². The molecule has 0 aromatic rings. The van der Waals surface area contributed by atoms with E-state index in [9.17, 15) is 5.11 Å². The van der Waals surface area contributed by atoms with E-state index >= 15 is 0 Å². The highest BCUT2D eigenvalue weighted by molar-refractivity contribution is 4.61. The Labute approximate surface area is 129 Å². The lowest BCUT2D eigenvalue weighted by molar-refractivity contribution is -0.0269. The molecule has 0 rings (SSSR count). The summed E-state index contributed by atoms with van der Waals surface area (Å²) in [5.41, 5.74) is 0. The zero-order chi connectivity index (χ0) is 15.8. The molecule has 0 fully saturated rings. The number of hydrogen-bond acceptors (Lipinski definition) is 5. The second-order valence-corrected chi connectivity index (χ2v) is 5.22. The Balaban J connectivity index is 3.09. The zero-order valence-electron chi connectivity index (χ0n) is 14.0. The summed E-state index contributed by atoms with van der Waals surface area (Å²) in [6.07, 6.45) is 2.84. The molecule has 0 aliphatic heterocycles. The molecule has 0 saturated carbocycles. The minimum absolute atomic E-state index is 0.277. The van der Waals surface area contributed by atoms with Gasteiger partial charge in [-0.2, -0.15) is 0 Å². The van der Waals surface area contributed by atoms with Gasteiger partial charge in [0.25, 0.3) is 0 Å². The maximum absolute atomic E-state index is 9.70. The van der Waals surface area contributed by atoms with Crippen LogP contribution >= 0.6 is 0 Å². The third-order valence-corrected chi connectivity index (χ3v) is 3.35. The Morgan fingerprint density at radius 2 is 1.24 bits per heavy atom. The molecule has 128 valence electrons. The first kappa shape index (κ1) is 20.8. The molecule has 0 saturated heterocycles. The summed E-state index contributed by atoms with van der Waals surface area (Å²) in [5.74, 6) is 0.277. The Bertz CT molecular complexity index is 201. The van der Waals surface area contributed by atoms with Crippen molar-refractivity contribution in [1.82, 2.24) is 0 Å². The van der Waals surface area contributed by atoms with Crippen LogP contribution in [0.4, 0.5) is 0 Å². The largest absolute Gasteiger partial charge is 0.390 e. The maximum atomic E-state index is 9.70. The van der Waals surface area contributed by atoms with E-state index < -0.39 is 0 Å². The molecule has 0 spiro atoms. The van der Waals surface area contributed by atoms with Crippen molar-refractivity contribution < 1.29 is 24.1 Å². The van der Waals surface area contributed by atoms with Gasteiger partial charge >= 0.3 is 0 Å². The van der Waals surface area contributed by atoms with Gasteiger partial charge in [0.1, 0.15) is 0 Å². The monoisotopic (exact) mass is 306 g/mol. The average Bonchev–Trinajstić information content (AvgIpc) is 2.50. The van der Waals surface area contributed by atoms with Crippen LogP contribution in [0.1, 0.15) is 40.0 Å². The van der Waals surface area contributed by atoms with E-state index in [1.807, 2.05) is 6.92 Å². The smallest absolute Gasteiger partial charge is 0.0799 e. The Morgan fingerprint density at radius 3 is 1.71 bits per heavy atom. The molecule has 1 N–H and O–H groups in total. The van der Waals surface area contributed by atoms with Gasteiger partial charge in [0.2, 0.25) is 0 Å². The van der Waals surface area contributed by atoms with Crippen molar-refractivity contribution in [2.45, 2.75) is 46.1 Å². The van der Waals surface area contributed by atoms with Crippen molar-refractivity contribution in [3.8, 4) is 0 Å². The molecule has 21 heavy (non-hydrogen) atoms. The number of hydrogen-bond donors (Lipinski definition) is 1. The van der Waals surface area contributed by atoms with Crippen LogP contribution in [0, 0.1) is 5.92 Å². The minimum Gasteiger partial charge on any atom is -0.390 e. The lowest BCUT2D eigenvalue weighted by Crippen LogP contribution is -2.24. The number of ether oxygens (including phenoxy) is 4. The quantitative estimate of drug-likeness (QED) is 0.443. The summed E-state index contributed by atoms with van der Waals surface area (Å²) in [4.78, 5) is 0.